The number of thiocarbonyl (C=S) groups is 1. The molecule has 0 radical (unpaired) electrons. The summed E-state index contributed by atoms with van der Waals surface area (Å²) in [6.45, 7) is 6.54. The summed E-state index contributed by atoms with van der Waals surface area (Å²) in [5.41, 5.74) is 2.06. The number of aliphatic hydroxyl groups excluding tert-OH is 1. The second kappa shape index (κ2) is 8.17. The molecule has 1 fully saturated rings. The van der Waals surface area contributed by atoms with Crippen LogP contribution in [-0.4, -0.2) is 49.6 Å². The summed E-state index contributed by atoms with van der Waals surface area (Å²) < 4.78 is 5.35. The third-order valence-corrected chi connectivity index (χ3v) is 3.74. The Morgan fingerprint density at radius 3 is 2.57 bits per heavy atom. The highest BCUT2D eigenvalue weighted by Crippen LogP contribution is 2.19. The third-order valence-electron chi connectivity index (χ3n) is 3.45. The zero-order valence-electron chi connectivity index (χ0n) is 12.3. The summed E-state index contributed by atoms with van der Waals surface area (Å²) in [4.78, 5) is 2.29. The van der Waals surface area contributed by atoms with Crippen LogP contribution in [0.4, 0.5) is 5.69 Å². The number of nitrogens with one attached hydrogen (secondary N) is 2. The molecule has 2 rings (SSSR count). The van der Waals surface area contributed by atoms with Gasteiger partial charge in [-0.3, -0.25) is 0 Å². The van der Waals surface area contributed by atoms with E-state index in [0.717, 1.165) is 38.4 Å². The van der Waals surface area contributed by atoms with Crippen LogP contribution in [-0.2, 0) is 4.74 Å². The molecule has 5 nitrogen and oxygen atoms in total. The number of anilines is 1. The SMILES string of the molecule is CCNC(=S)NCC(O)c1ccc(N2CCOCC2)cc1. The minimum absolute atomic E-state index is 0.405. The van der Waals surface area contributed by atoms with Gasteiger partial charge in [0, 0.05) is 31.9 Å². The molecule has 0 spiro atoms. The predicted octanol–water partition coefficient (Wildman–Crippen LogP) is 1.04. The van der Waals surface area contributed by atoms with Gasteiger partial charge in [-0.25, -0.2) is 0 Å². The van der Waals surface area contributed by atoms with Gasteiger partial charge in [0.15, 0.2) is 5.11 Å². The Balaban J connectivity index is 1.87. The molecule has 0 aromatic heterocycles. The Morgan fingerprint density at radius 2 is 1.95 bits per heavy atom. The quantitative estimate of drug-likeness (QED) is 0.707. The van der Waals surface area contributed by atoms with E-state index in [-0.39, 0.29) is 0 Å². The van der Waals surface area contributed by atoms with Crippen molar-refractivity contribution in [3.63, 3.8) is 0 Å². The summed E-state index contributed by atoms with van der Waals surface area (Å²) in [6, 6.07) is 8.03. The van der Waals surface area contributed by atoms with Crippen molar-refractivity contribution in [2.45, 2.75) is 13.0 Å². The number of nitrogens with zero attached hydrogens (tertiary/aromatic N) is 1. The Kier molecular flexibility index (Phi) is 6.22. The molecule has 0 amide bonds. The Morgan fingerprint density at radius 1 is 1.29 bits per heavy atom. The van der Waals surface area contributed by atoms with Gasteiger partial charge in [0.25, 0.3) is 0 Å². The maximum absolute atomic E-state index is 10.2. The van der Waals surface area contributed by atoms with Crippen LogP contribution in [0.15, 0.2) is 24.3 Å². The van der Waals surface area contributed by atoms with Gasteiger partial charge in [-0.2, -0.15) is 0 Å². The van der Waals surface area contributed by atoms with E-state index < -0.39 is 6.10 Å². The van der Waals surface area contributed by atoms with Crippen molar-refractivity contribution in [2.24, 2.45) is 0 Å². The van der Waals surface area contributed by atoms with E-state index in [4.69, 9.17) is 17.0 Å². The fourth-order valence-electron chi connectivity index (χ4n) is 2.26. The van der Waals surface area contributed by atoms with Crippen molar-refractivity contribution in [1.82, 2.24) is 10.6 Å². The normalized spacial score (nSPS) is 16.4. The summed E-state index contributed by atoms with van der Waals surface area (Å²) in [5.74, 6) is 0. The van der Waals surface area contributed by atoms with E-state index in [2.05, 4.69) is 15.5 Å². The molecule has 1 saturated heterocycles. The van der Waals surface area contributed by atoms with Crippen LogP contribution < -0.4 is 15.5 Å². The largest absolute Gasteiger partial charge is 0.387 e. The number of hydrogen-bond acceptors (Lipinski definition) is 4. The molecule has 6 heteroatoms. The van der Waals surface area contributed by atoms with Crippen LogP contribution >= 0.6 is 12.2 Å². The van der Waals surface area contributed by atoms with Gasteiger partial charge in [0.1, 0.15) is 0 Å². The van der Waals surface area contributed by atoms with Crippen LogP contribution in [0.25, 0.3) is 0 Å². The molecule has 0 bridgehead atoms. The Hall–Kier alpha value is -1.37. The van der Waals surface area contributed by atoms with Gasteiger partial charge in [-0.1, -0.05) is 12.1 Å². The van der Waals surface area contributed by atoms with Crippen molar-refractivity contribution in [3.05, 3.63) is 29.8 Å². The zero-order chi connectivity index (χ0) is 15.1. The molecule has 21 heavy (non-hydrogen) atoms. The Bertz CT molecular complexity index is 447. The maximum atomic E-state index is 10.2. The average Bonchev–Trinajstić information content (AvgIpc) is 2.54. The van der Waals surface area contributed by atoms with Gasteiger partial charge in [-0.15, -0.1) is 0 Å². The van der Waals surface area contributed by atoms with Crippen LogP contribution in [0.1, 0.15) is 18.6 Å². The maximum Gasteiger partial charge on any atom is 0.166 e. The molecule has 1 aromatic rings. The highest BCUT2D eigenvalue weighted by molar-refractivity contribution is 7.80. The van der Waals surface area contributed by atoms with Crippen LogP contribution in [0, 0.1) is 0 Å². The van der Waals surface area contributed by atoms with Gasteiger partial charge in [0.2, 0.25) is 0 Å². The molecular weight excluding hydrogens is 286 g/mol. The molecule has 0 aliphatic carbocycles. The lowest BCUT2D eigenvalue weighted by Gasteiger charge is -2.29. The van der Waals surface area contributed by atoms with Crippen LogP contribution in [0.2, 0.25) is 0 Å². The average molecular weight is 309 g/mol. The van der Waals surface area contributed by atoms with E-state index in [9.17, 15) is 5.11 Å². The number of morpholine rings is 1. The van der Waals surface area contributed by atoms with Crippen LogP contribution in [0.3, 0.4) is 0 Å². The van der Waals surface area contributed by atoms with Gasteiger partial charge < -0.3 is 25.4 Å². The molecule has 1 aromatic carbocycles. The Labute approximate surface area is 131 Å². The van der Waals surface area contributed by atoms with Crippen molar-refractivity contribution >= 4 is 23.0 Å². The molecule has 0 saturated carbocycles. The zero-order valence-corrected chi connectivity index (χ0v) is 13.2. The van der Waals surface area contributed by atoms with E-state index in [0.29, 0.717) is 11.7 Å². The van der Waals surface area contributed by atoms with Gasteiger partial charge >= 0.3 is 0 Å². The fourth-order valence-corrected chi connectivity index (χ4v) is 2.49. The summed E-state index contributed by atoms with van der Waals surface area (Å²) >= 11 is 5.08. The second-order valence-electron chi connectivity index (χ2n) is 4.95. The minimum Gasteiger partial charge on any atom is -0.387 e. The first-order valence-electron chi connectivity index (χ1n) is 7.33. The molecule has 116 valence electrons. The molecular formula is C15H23N3O2S. The highest BCUT2D eigenvalue weighted by Gasteiger charge is 2.12. The van der Waals surface area contributed by atoms with E-state index in [1.165, 1.54) is 5.69 Å². The molecule has 1 aliphatic rings. The van der Waals surface area contributed by atoms with Crippen molar-refractivity contribution < 1.29 is 9.84 Å². The number of hydrogen-bond donors (Lipinski definition) is 3. The fraction of sp³-hybridized carbons (Fsp3) is 0.533. The number of aliphatic hydroxyl groups is 1. The summed E-state index contributed by atoms with van der Waals surface area (Å²) in [5, 5.41) is 16.7. The standard InChI is InChI=1S/C15H23N3O2S/c1-2-16-15(21)17-11-14(19)12-3-5-13(6-4-12)18-7-9-20-10-8-18/h3-6,14,19H,2,7-11H2,1H3,(H2,16,17,21). The molecule has 1 aliphatic heterocycles. The lowest BCUT2D eigenvalue weighted by Crippen LogP contribution is -2.37. The monoisotopic (exact) mass is 309 g/mol. The van der Waals surface area contributed by atoms with E-state index in [1.54, 1.807) is 0 Å². The first-order chi connectivity index (χ1) is 10.2. The highest BCUT2D eigenvalue weighted by atomic mass is 32.1. The third kappa shape index (κ3) is 4.84. The minimum atomic E-state index is -0.569. The lowest BCUT2D eigenvalue weighted by atomic mass is 10.1. The van der Waals surface area contributed by atoms with Gasteiger partial charge in [-0.05, 0) is 36.8 Å². The number of ether oxygens (including phenoxy) is 1. The lowest BCUT2D eigenvalue weighted by molar-refractivity contribution is 0.122. The summed E-state index contributed by atoms with van der Waals surface area (Å²) in [6.07, 6.45) is -0.569. The topological polar surface area (TPSA) is 56.8 Å². The molecule has 3 N–H and O–H groups in total. The van der Waals surface area contributed by atoms with Gasteiger partial charge in [0.05, 0.1) is 19.3 Å². The van der Waals surface area contributed by atoms with Crippen molar-refractivity contribution in [2.75, 3.05) is 44.3 Å². The smallest absolute Gasteiger partial charge is 0.166 e. The molecule has 1 atom stereocenters. The van der Waals surface area contributed by atoms with Crippen LogP contribution in [0.5, 0.6) is 0 Å². The first kappa shape index (κ1) is 16.0. The number of benzene rings is 1. The van der Waals surface area contributed by atoms with Crippen molar-refractivity contribution in [3.8, 4) is 0 Å². The van der Waals surface area contributed by atoms with E-state index >= 15 is 0 Å². The van der Waals surface area contributed by atoms with Crippen molar-refractivity contribution in [1.29, 1.82) is 0 Å². The molecule has 1 unspecified atom stereocenters. The first-order valence-corrected chi connectivity index (χ1v) is 7.74. The van der Waals surface area contributed by atoms with E-state index in [1.807, 2.05) is 31.2 Å². The molecule has 1 heterocycles. The second-order valence-corrected chi connectivity index (χ2v) is 5.36. The predicted molar refractivity (Wildman–Crippen MR) is 88.7 cm³/mol. The summed E-state index contributed by atoms with van der Waals surface area (Å²) in [7, 11) is 0. The number of rotatable bonds is 5.